The summed E-state index contributed by atoms with van der Waals surface area (Å²) in [4.78, 5) is 2.59. The van der Waals surface area contributed by atoms with Gasteiger partial charge >= 0.3 is 0 Å². The predicted octanol–water partition coefficient (Wildman–Crippen LogP) is 4.44. The zero-order valence-corrected chi connectivity index (χ0v) is 14.6. The SMILES string of the molecule is CCCC1CCCC(NCCN(C(C)C)C(C)C)CC1. The summed E-state index contributed by atoms with van der Waals surface area (Å²) in [6.07, 6.45) is 9.94. The summed E-state index contributed by atoms with van der Waals surface area (Å²) in [6, 6.07) is 2.08. The number of nitrogens with one attached hydrogen (secondary N) is 1. The molecule has 2 heteroatoms. The Kier molecular flexibility index (Phi) is 8.79. The van der Waals surface area contributed by atoms with Gasteiger partial charge in [-0.15, -0.1) is 0 Å². The van der Waals surface area contributed by atoms with Crippen LogP contribution in [-0.2, 0) is 0 Å². The zero-order chi connectivity index (χ0) is 15.0. The molecule has 1 saturated carbocycles. The largest absolute Gasteiger partial charge is 0.313 e. The van der Waals surface area contributed by atoms with Gasteiger partial charge < -0.3 is 5.32 Å². The lowest BCUT2D eigenvalue weighted by molar-refractivity contribution is 0.173. The van der Waals surface area contributed by atoms with Crippen LogP contribution in [0.15, 0.2) is 0 Å². The van der Waals surface area contributed by atoms with Gasteiger partial charge in [-0.05, 0) is 52.9 Å². The van der Waals surface area contributed by atoms with E-state index in [9.17, 15) is 0 Å². The highest BCUT2D eigenvalue weighted by Crippen LogP contribution is 2.26. The fourth-order valence-corrected chi connectivity index (χ4v) is 3.79. The van der Waals surface area contributed by atoms with Crippen molar-refractivity contribution in [3.05, 3.63) is 0 Å². The lowest BCUT2D eigenvalue weighted by Gasteiger charge is -2.31. The fraction of sp³-hybridized carbons (Fsp3) is 1.00. The van der Waals surface area contributed by atoms with Gasteiger partial charge in [-0.25, -0.2) is 0 Å². The molecule has 0 radical (unpaired) electrons. The molecule has 0 aromatic carbocycles. The van der Waals surface area contributed by atoms with Gasteiger partial charge in [-0.3, -0.25) is 4.90 Å². The first kappa shape index (κ1) is 18.0. The van der Waals surface area contributed by atoms with E-state index in [0.717, 1.165) is 18.5 Å². The van der Waals surface area contributed by atoms with Crippen molar-refractivity contribution in [3.63, 3.8) is 0 Å². The lowest BCUT2D eigenvalue weighted by atomic mass is 9.95. The Bertz CT molecular complexity index is 230. The van der Waals surface area contributed by atoms with Crippen molar-refractivity contribution >= 4 is 0 Å². The normalized spacial score (nSPS) is 24.6. The van der Waals surface area contributed by atoms with Crippen LogP contribution in [0.25, 0.3) is 0 Å². The van der Waals surface area contributed by atoms with Gasteiger partial charge in [0.1, 0.15) is 0 Å². The third-order valence-corrected chi connectivity index (χ3v) is 4.91. The molecule has 120 valence electrons. The van der Waals surface area contributed by atoms with Crippen molar-refractivity contribution in [2.24, 2.45) is 5.92 Å². The number of rotatable bonds is 8. The van der Waals surface area contributed by atoms with E-state index in [1.807, 2.05) is 0 Å². The van der Waals surface area contributed by atoms with Gasteiger partial charge in [-0.1, -0.05) is 32.6 Å². The Labute approximate surface area is 127 Å². The van der Waals surface area contributed by atoms with Crippen molar-refractivity contribution < 1.29 is 0 Å². The molecule has 2 unspecified atom stereocenters. The Morgan fingerprint density at radius 1 is 1.00 bits per heavy atom. The van der Waals surface area contributed by atoms with Gasteiger partial charge in [0.05, 0.1) is 0 Å². The van der Waals surface area contributed by atoms with E-state index in [4.69, 9.17) is 0 Å². The maximum absolute atomic E-state index is 3.82. The molecule has 0 aromatic rings. The van der Waals surface area contributed by atoms with Crippen molar-refractivity contribution in [2.75, 3.05) is 13.1 Å². The van der Waals surface area contributed by atoms with Crippen molar-refractivity contribution in [1.82, 2.24) is 10.2 Å². The summed E-state index contributed by atoms with van der Waals surface area (Å²) in [6.45, 7) is 13.9. The highest BCUT2D eigenvalue weighted by atomic mass is 15.2. The number of hydrogen-bond acceptors (Lipinski definition) is 2. The molecular formula is C18H38N2. The molecule has 1 rings (SSSR count). The second kappa shape index (κ2) is 9.78. The highest BCUT2D eigenvalue weighted by molar-refractivity contribution is 4.76. The van der Waals surface area contributed by atoms with Gasteiger partial charge in [0.15, 0.2) is 0 Å². The van der Waals surface area contributed by atoms with Crippen LogP contribution >= 0.6 is 0 Å². The quantitative estimate of drug-likeness (QED) is 0.662. The van der Waals surface area contributed by atoms with E-state index in [1.54, 1.807) is 0 Å². The lowest BCUT2D eigenvalue weighted by Crippen LogP contribution is -2.43. The molecule has 0 bridgehead atoms. The summed E-state index contributed by atoms with van der Waals surface area (Å²) >= 11 is 0. The average molecular weight is 283 g/mol. The molecule has 2 atom stereocenters. The molecule has 2 nitrogen and oxygen atoms in total. The van der Waals surface area contributed by atoms with Crippen molar-refractivity contribution in [3.8, 4) is 0 Å². The van der Waals surface area contributed by atoms with Crippen LogP contribution in [0.4, 0.5) is 0 Å². The van der Waals surface area contributed by atoms with E-state index in [-0.39, 0.29) is 0 Å². The van der Waals surface area contributed by atoms with Crippen LogP contribution in [0.1, 0.15) is 79.6 Å². The summed E-state index contributed by atoms with van der Waals surface area (Å²) in [5.74, 6) is 1.01. The van der Waals surface area contributed by atoms with Crippen LogP contribution < -0.4 is 5.32 Å². The first-order chi connectivity index (χ1) is 9.54. The molecule has 20 heavy (non-hydrogen) atoms. The number of hydrogen-bond donors (Lipinski definition) is 1. The minimum absolute atomic E-state index is 0.653. The molecule has 0 spiro atoms. The Balaban J connectivity index is 2.24. The minimum Gasteiger partial charge on any atom is -0.313 e. The molecule has 0 aliphatic heterocycles. The monoisotopic (exact) mass is 282 g/mol. The minimum atomic E-state index is 0.653. The van der Waals surface area contributed by atoms with Crippen LogP contribution in [0.5, 0.6) is 0 Å². The zero-order valence-electron chi connectivity index (χ0n) is 14.6. The molecule has 0 heterocycles. The van der Waals surface area contributed by atoms with Crippen LogP contribution in [0.3, 0.4) is 0 Å². The molecule has 1 aliphatic carbocycles. The van der Waals surface area contributed by atoms with Gasteiger partial charge in [0.25, 0.3) is 0 Å². The summed E-state index contributed by atoms with van der Waals surface area (Å²) in [5, 5.41) is 3.82. The standard InChI is InChI=1S/C18H38N2/c1-6-8-17-9-7-10-18(12-11-17)19-13-14-20(15(2)3)16(4)5/h15-19H,6-14H2,1-5H3. The van der Waals surface area contributed by atoms with E-state index in [1.165, 1.54) is 51.5 Å². The molecule has 0 saturated heterocycles. The van der Waals surface area contributed by atoms with Gasteiger partial charge in [0.2, 0.25) is 0 Å². The average Bonchev–Trinajstić information content (AvgIpc) is 2.60. The van der Waals surface area contributed by atoms with E-state index in [2.05, 4.69) is 44.8 Å². The fourth-order valence-electron chi connectivity index (χ4n) is 3.79. The number of nitrogens with zero attached hydrogens (tertiary/aromatic N) is 1. The molecular weight excluding hydrogens is 244 g/mol. The molecule has 1 fully saturated rings. The van der Waals surface area contributed by atoms with Gasteiger partial charge in [0, 0.05) is 31.2 Å². The molecule has 1 N–H and O–H groups in total. The summed E-state index contributed by atoms with van der Waals surface area (Å²) in [5.41, 5.74) is 0. The first-order valence-electron chi connectivity index (χ1n) is 9.03. The second-order valence-corrected chi connectivity index (χ2v) is 7.24. The van der Waals surface area contributed by atoms with Crippen LogP contribution in [0, 0.1) is 5.92 Å². The second-order valence-electron chi connectivity index (χ2n) is 7.24. The Morgan fingerprint density at radius 2 is 1.70 bits per heavy atom. The van der Waals surface area contributed by atoms with Crippen LogP contribution in [0.2, 0.25) is 0 Å². The van der Waals surface area contributed by atoms with Crippen molar-refractivity contribution in [2.45, 2.75) is 97.7 Å². The smallest absolute Gasteiger partial charge is 0.0112 e. The highest BCUT2D eigenvalue weighted by Gasteiger charge is 2.18. The molecule has 0 aromatic heterocycles. The van der Waals surface area contributed by atoms with Crippen LogP contribution in [-0.4, -0.2) is 36.1 Å². The van der Waals surface area contributed by atoms with Gasteiger partial charge in [-0.2, -0.15) is 0 Å². The van der Waals surface area contributed by atoms with E-state index >= 15 is 0 Å². The first-order valence-corrected chi connectivity index (χ1v) is 9.03. The molecule has 0 amide bonds. The maximum atomic E-state index is 3.82. The topological polar surface area (TPSA) is 15.3 Å². The Morgan fingerprint density at radius 3 is 2.30 bits per heavy atom. The third kappa shape index (κ3) is 6.58. The van der Waals surface area contributed by atoms with E-state index < -0.39 is 0 Å². The third-order valence-electron chi connectivity index (χ3n) is 4.91. The predicted molar refractivity (Wildman–Crippen MR) is 90.3 cm³/mol. The Hall–Kier alpha value is -0.0800. The summed E-state index contributed by atoms with van der Waals surface area (Å²) < 4.78 is 0. The van der Waals surface area contributed by atoms with E-state index in [0.29, 0.717) is 12.1 Å². The molecule has 1 aliphatic rings. The summed E-state index contributed by atoms with van der Waals surface area (Å²) in [7, 11) is 0. The van der Waals surface area contributed by atoms with Crippen molar-refractivity contribution in [1.29, 1.82) is 0 Å². The maximum Gasteiger partial charge on any atom is 0.0112 e.